The van der Waals surface area contributed by atoms with Crippen molar-refractivity contribution < 1.29 is 27.5 Å². The van der Waals surface area contributed by atoms with Crippen molar-refractivity contribution in [2.75, 3.05) is 13.2 Å². The summed E-state index contributed by atoms with van der Waals surface area (Å²) in [6, 6.07) is 12.5. The first-order valence-electron chi connectivity index (χ1n) is 9.98. The van der Waals surface area contributed by atoms with E-state index < -0.39 is 17.5 Å². The Bertz CT molecular complexity index is 1220. The lowest BCUT2D eigenvalue weighted by molar-refractivity contribution is -0.173. The molecule has 4 rings (SSSR count). The van der Waals surface area contributed by atoms with Gasteiger partial charge in [0.15, 0.2) is 5.78 Å². The summed E-state index contributed by atoms with van der Waals surface area (Å²) in [4.78, 5) is 24.2. The predicted octanol–water partition coefficient (Wildman–Crippen LogP) is 4.10. The molecule has 0 heterocycles. The molecule has 164 valence electrons. The average molecular weight is 440 g/mol. The van der Waals surface area contributed by atoms with Gasteiger partial charge in [-0.1, -0.05) is 19.9 Å². The zero-order valence-corrected chi connectivity index (χ0v) is 17.4. The molecule has 0 saturated carbocycles. The Morgan fingerprint density at radius 3 is 2.59 bits per heavy atom. The number of rotatable bonds is 4. The Morgan fingerprint density at radius 1 is 1.19 bits per heavy atom. The second-order valence-electron chi connectivity index (χ2n) is 8.28. The van der Waals surface area contributed by atoms with Crippen molar-refractivity contribution in [2.24, 2.45) is 0 Å². The lowest BCUT2D eigenvalue weighted by atomic mass is 9.68. The van der Waals surface area contributed by atoms with Crippen LogP contribution >= 0.6 is 0 Å². The Kier molecular flexibility index (Phi) is 5.08. The highest BCUT2D eigenvalue weighted by molar-refractivity contribution is 6.33. The number of hydrogen-bond acceptors (Lipinski definition) is 4. The largest absolute Gasteiger partial charge is 0.492 e. The van der Waals surface area contributed by atoms with Gasteiger partial charge in [0.25, 0.3) is 0 Å². The topological polar surface area (TPSA) is 79.2 Å². The number of Topliss-reactive ketones (excluding diaryl/α,β-unsaturated/α-hetero) is 1. The number of nitriles is 1. The molecule has 0 saturated heterocycles. The van der Waals surface area contributed by atoms with Gasteiger partial charge in [0.05, 0.1) is 18.2 Å². The summed E-state index contributed by atoms with van der Waals surface area (Å²) in [7, 11) is 0. The van der Waals surface area contributed by atoms with Crippen molar-refractivity contribution in [1.29, 1.82) is 5.26 Å². The molecule has 0 unspecified atom stereocenters. The van der Waals surface area contributed by atoms with Gasteiger partial charge in [-0.15, -0.1) is 0 Å². The molecule has 0 fully saturated rings. The fraction of sp³-hybridized carbons (Fsp3) is 0.292. The first kappa shape index (κ1) is 21.6. The Labute approximate surface area is 182 Å². The first-order valence-corrected chi connectivity index (χ1v) is 9.98. The molecule has 0 bridgehead atoms. The van der Waals surface area contributed by atoms with E-state index >= 15 is 0 Å². The summed E-state index contributed by atoms with van der Waals surface area (Å²) in [5, 5.41) is 10.9. The van der Waals surface area contributed by atoms with Gasteiger partial charge in [-0.05, 0) is 59.0 Å². The van der Waals surface area contributed by atoms with E-state index in [4.69, 9.17) is 4.74 Å². The van der Waals surface area contributed by atoms with Crippen LogP contribution in [-0.4, -0.2) is 31.0 Å². The number of nitrogens with one attached hydrogen (secondary N) is 1. The highest BCUT2D eigenvalue weighted by Gasteiger charge is 2.43. The summed E-state index contributed by atoms with van der Waals surface area (Å²) in [5.74, 6) is -1.71. The van der Waals surface area contributed by atoms with Gasteiger partial charge in [0.2, 0.25) is 0 Å². The highest BCUT2D eigenvalue weighted by atomic mass is 19.4. The van der Waals surface area contributed by atoms with Crippen LogP contribution in [0.25, 0.3) is 5.57 Å². The summed E-state index contributed by atoms with van der Waals surface area (Å²) in [6.07, 6.45) is -4.37. The maximum Gasteiger partial charge on any atom is 0.471 e. The van der Waals surface area contributed by atoms with E-state index in [9.17, 15) is 28.0 Å². The molecule has 2 aliphatic carbocycles. The highest BCUT2D eigenvalue weighted by Crippen LogP contribution is 2.50. The quantitative estimate of drug-likeness (QED) is 0.726. The normalized spacial score (nSPS) is 16.1. The summed E-state index contributed by atoms with van der Waals surface area (Å²) in [5.41, 5.74) is 4.80. The van der Waals surface area contributed by atoms with Crippen LogP contribution in [0.4, 0.5) is 13.2 Å². The number of carbonyl (C=O) groups is 2. The number of carbonyl (C=O) groups excluding carboxylic acids is 2. The van der Waals surface area contributed by atoms with Crippen molar-refractivity contribution in [3.8, 4) is 11.8 Å². The van der Waals surface area contributed by atoms with Crippen LogP contribution in [0.1, 0.15) is 46.5 Å². The van der Waals surface area contributed by atoms with Crippen LogP contribution in [0.5, 0.6) is 5.75 Å². The van der Waals surface area contributed by atoms with Gasteiger partial charge in [0.1, 0.15) is 12.4 Å². The van der Waals surface area contributed by atoms with Gasteiger partial charge in [-0.3, -0.25) is 9.59 Å². The smallest absolute Gasteiger partial charge is 0.471 e. The molecule has 2 aromatic carbocycles. The molecule has 32 heavy (non-hydrogen) atoms. The van der Waals surface area contributed by atoms with Crippen LogP contribution in [0.3, 0.4) is 0 Å². The molecule has 2 aromatic rings. The lowest BCUT2D eigenvalue weighted by Crippen LogP contribution is -2.38. The zero-order valence-electron chi connectivity index (χ0n) is 17.4. The third-order valence-corrected chi connectivity index (χ3v) is 5.98. The van der Waals surface area contributed by atoms with Crippen LogP contribution in [0.15, 0.2) is 42.0 Å². The number of benzene rings is 2. The third kappa shape index (κ3) is 3.54. The molecule has 2 aliphatic rings. The number of halogens is 3. The molecule has 0 radical (unpaired) electrons. The van der Waals surface area contributed by atoms with Crippen molar-refractivity contribution >= 4 is 17.3 Å². The maximum absolute atomic E-state index is 13.3. The van der Waals surface area contributed by atoms with Crippen LogP contribution in [0, 0.1) is 11.3 Å². The predicted molar refractivity (Wildman–Crippen MR) is 110 cm³/mol. The second kappa shape index (κ2) is 7.52. The molecule has 0 spiro atoms. The molecule has 5 nitrogen and oxygen atoms in total. The number of hydrogen-bond donors (Lipinski definition) is 1. The Balaban J connectivity index is 1.57. The molecule has 1 amide bonds. The van der Waals surface area contributed by atoms with Crippen molar-refractivity contribution in [2.45, 2.75) is 31.9 Å². The molecule has 0 aromatic heterocycles. The molecule has 1 N–H and O–H groups in total. The van der Waals surface area contributed by atoms with Crippen LogP contribution in [0.2, 0.25) is 0 Å². The second-order valence-corrected chi connectivity index (χ2v) is 8.28. The van der Waals surface area contributed by atoms with E-state index in [1.807, 2.05) is 26.0 Å². The monoisotopic (exact) mass is 440 g/mol. The van der Waals surface area contributed by atoms with Gasteiger partial charge < -0.3 is 10.1 Å². The fourth-order valence-corrected chi connectivity index (χ4v) is 4.35. The van der Waals surface area contributed by atoms with Gasteiger partial charge in [0, 0.05) is 16.6 Å². The summed E-state index contributed by atoms with van der Waals surface area (Å²) < 4.78 is 42.3. The fourth-order valence-electron chi connectivity index (χ4n) is 4.35. The van der Waals surface area contributed by atoms with Crippen molar-refractivity contribution in [1.82, 2.24) is 5.32 Å². The Hall–Kier alpha value is -3.60. The van der Waals surface area contributed by atoms with Crippen molar-refractivity contribution in [3.05, 3.63) is 69.8 Å². The van der Waals surface area contributed by atoms with Crippen molar-refractivity contribution in [3.63, 3.8) is 0 Å². The number of alkyl halides is 3. The van der Waals surface area contributed by atoms with E-state index in [1.165, 1.54) is 0 Å². The van der Waals surface area contributed by atoms with Gasteiger partial charge in [-0.2, -0.15) is 18.4 Å². The molecular weight excluding hydrogens is 421 g/mol. The average Bonchev–Trinajstić information content (AvgIpc) is 3.14. The number of nitrogens with zero attached hydrogens (tertiary/aromatic N) is 1. The van der Waals surface area contributed by atoms with Crippen LogP contribution < -0.4 is 10.1 Å². The van der Waals surface area contributed by atoms with E-state index in [0.717, 1.165) is 22.3 Å². The minimum absolute atomic E-state index is 0.0956. The van der Waals surface area contributed by atoms with E-state index in [0.29, 0.717) is 28.9 Å². The molecule has 0 aliphatic heterocycles. The number of amides is 1. The molecular formula is C24H19F3N2O3. The number of fused-ring (bicyclic) bond motifs is 3. The van der Waals surface area contributed by atoms with E-state index in [2.05, 4.69) is 6.07 Å². The lowest BCUT2D eigenvalue weighted by Gasteiger charge is -2.34. The van der Waals surface area contributed by atoms with Gasteiger partial charge >= 0.3 is 12.1 Å². The SMILES string of the molecule is CC1(C)C2=C(C(=O)c3ccc(OCCNC(=O)C(F)(F)F)cc31)c1ccc(C#N)cc1C2. The minimum Gasteiger partial charge on any atom is -0.492 e. The molecule has 0 atom stereocenters. The first-order chi connectivity index (χ1) is 15.0. The number of ether oxygens (including phenoxy) is 1. The molecule has 8 heteroatoms. The van der Waals surface area contributed by atoms with E-state index in [1.54, 1.807) is 29.6 Å². The van der Waals surface area contributed by atoms with E-state index in [-0.39, 0.29) is 18.9 Å². The third-order valence-electron chi connectivity index (χ3n) is 5.98. The zero-order chi connectivity index (χ0) is 23.3. The summed E-state index contributed by atoms with van der Waals surface area (Å²) >= 11 is 0. The van der Waals surface area contributed by atoms with Gasteiger partial charge in [-0.25, -0.2) is 0 Å². The number of ketones is 1. The number of allylic oxidation sites excluding steroid dienone is 2. The standard InChI is InChI=1S/C24H19F3N2O3/c1-23(2)18-11-15(32-8-7-29-22(31)24(25,26)27)4-6-17(18)21(30)20-16-5-3-13(12-28)9-14(16)10-19(20)23/h3-6,9,11H,7-8,10H2,1-2H3,(H,29,31). The summed E-state index contributed by atoms with van der Waals surface area (Å²) in [6.45, 7) is 3.57. The Morgan fingerprint density at radius 2 is 1.91 bits per heavy atom. The minimum atomic E-state index is -4.94. The maximum atomic E-state index is 13.3. The van der Waals surface area contributed by atoms with Crippen LogP contribution in [-0.2, 0) is 16.6 Å².